The molecule has 12 heteroatoms. The normalized spacial score (nSPS) is 16.1. The van der Waals surface area contributed by atoms with Crippen LogP contribution in [0.2, 0.25) is 0 Å². The first kappa shape index (κ1) is 28.4. The fourth-order valence-electron chi connectivity index (χ4n) is 4.67. The number of aliphatic imine (C=N–C) groups is 1. The second-order valence-electron chi connectivity index (χ2n) is 9.46. The molecular weight excluding hydrogens is 704 g/mol. The van der Waals surface area contributed by atoms with Gasteiger partial charge in [-0.2, -0.15) is 0 Å². The smallest absolute Gasteiger partial charge is 0.261 e. The number of hydrogen-bond acceptors (Lipinski definition) is 6. The Morgan fingerprint density at radius 2 is 1.29 bits per heavy atom. The number of allylic oxidation sites excluding steroid dienone is 1. The summed E-state index contributed by atoms with van der Waals surface area (Å²) in [5.74, 6) is 0. The number of para-hydroxylation sites is 1. The van der Waals surface area contributed by atoms with Gasteiger partial charge in [0.1, 0.15) is 0 Å². The van der Waals surface area contributed by atoms with Crippen LogP contribution in [0.4, 0.5) is 22.7 Å². The lowest BCUT2D eigenvalue weighted by Gasteiger charge is -2.38. The maximum Gasteiger partial charge on any atom is 0.261 e. The average Bonchev–Trinajstić information content (AvgIpc) is 2.96. The number of nitrogens with one attached hydrogen (secondary N) is 2. The minimum atomic E-state index is -3.85. The van der Waals surface area contributed by atoms with Gasteiger partial charge in [0.25, 0.3) is 20.0 Å². The predicted octanol–water partition coefficient (Wildman–Crippen LogP) is 7.04. The quantitative estimate of drug-likeness (QED) is 0.213. The van der Waals surface area contributed by atoms with E-state index in [-0.39, 0.29) is 9.79 Å². The summed E-state index contributed by atoms with van der Waals surface area (Å²) in [7, 11) is -7.69. The van der Waals surface area contributed by atoms with Gasteiger partial charge in [0, 0.05) is 20.3 Å². The van der Waals surface area contributed by atoms with Gasteiger partial charge < -0.3 is 4.90 Å². The SMILES string of the molecule is O=S(=O)(NC1=CC2C(=Nc3ccc(NS(=O)(=O)c4ccc(Br)cc4)cc3N2c2ccccc2)C=C1)c1ccc(Br)cc1. The van der Waals surface area contributed by atoms with Gasteiger partial charge in [-0.1, -0.05) is 50.1 Å². The summed E-state index contributed by atoms with van der Waals surface area (Å²) >= 11 is 6.66. The molecule has 2 aliphatic rings. The van der Waals surface area contributed by atoms with Gasteiger partial charge in [-0.05, 0) is 97.1 Å². The van der Waals surface area contributed by atoms with E-state index in [9.17, 15) is 16.8 Å². The zero-order chi connectivity index (χ0) is 29.5. The molecule has 4 aromatic rings. The number of sulfonamides is 2. The van der Waals surface area contributed by atoms with Gasteiger partial charge in [-0.25, -0.2) is 21.8 Å². The third kappa shape index (κ3) is 5.80. The lowest BCUT2D eigenvalue weighted by Crippen LogP contribution is -2.40. The molecule has 0 fully saturated rings. The first-order valence-electron chi connectivity index (χ1n) is 12.6. The first-order chi connectivity index (χ1) is 20.1. The molecule has 0 aromatic heterocycles. The van der Waals surface area contributed by atoms with Crippen molar-refractivity contribution in [1.82, 2.24) is 4.72 Å². The Hall–Kier alpha value is -3.71. The van der Waals surface area contributed by atoms with Gasteiger partial charge >= 0.3 is 0 Å². The molecule has 42 heavy (non-hydrogen) atoms. The Labute approximate surface area is 260 Å². The van der Waals surface area contributed by atoms with Crippen molar-refractivity contribution in [3.8, 4) is 0 Å². The molecule has 0 saturated carbocycles. The molecule has 4 aromatic carbocycles. The molecule has 0 spiro atoms. The predicted molar refractivity (Wildman–Crippen MR) is 173 cm³/mol. The molecule has 2 N–H and O–H groups in total. The highest BCUT2D eigenvalue weighted by atomic mass is 79.9. The average molecular weight is 726 g/mol. The molecule has 212 valence electrons. The molecule has 1 atom stereocenters. The van der Waals surface area contributed by atoms with Gasteiger partial charge in [0.15, 0.2) is 0 Å². The molecule has 0 saturated heterocycles. The highest BCUT2D eigenvalue weighted by Gasteiger charge is 2.32. The van der Waals surface area contributed by atoms with Gasteiger partial charge in [0.05, 0.1) is 38.6 Å². The van der Waals surface area contributed by atoms with Crippen LogP contribution < -0.4 is 14.3 Å². The largest absolute Gasteiger partial charge is 0.327 e. The maximum absolute atomic E-state index is 13.1. The standard InChI is InChI=1S/C30H22Br2N4O4S2/c31-20-6-12-25(13-7-20)41(37,38)34-22-10-16-27-29(18-22)36(24-4-2-1-3-5-24)30-19-23(11-17-28(30)33-27)35-42(39,40)26-14-8-21(32)9-15-26/h1-19,29,34-35H. The third-order valence-corrected chi connectivity index (χ3v) is 10.5. The molecular formula is C30H22Br2N4O4S2. The van der Waals surface area contributed by atoms with E-state index >= 15 is 0 Å². The Morgan fingerprint density at radius 3 is 1.90 bits per heavy atom. The summed E-state index contributed by atoms with van der Waals surface area (Å²) in [5.41, 5.74) is 3.59. The molecule has 0 amide bonds. The first-order valence-corrected chi connectivity index (χ1v) is 17.2. The number of hydrogen-bond donors (Lipinski definition) is 2. The lowest BCUT2D eigenvalue weighted by molar-refractivity contribution is 0.589. The van der Waals surface area contributed by atoms with Crippen molar-refractivity contribution in [2.45, 2.75) is 15.8 Å². The van der Waals surface area contributed by atoms with E-state index in [1.807, 2.05) is 35.2 Å². The van der Waals surface area contributed by atoms with E-state index < -0.39 is 26.1 Å². The van der Waals surface area contributed by atoms with Gasteiger partial charge in [-0.3, -0.25) is 9.44 Å². The summed E-state index contributed by atoms with van der Waals surface area (Å²) in [6, 6.07) is 27.0. The highest BCUT2D eigenvalue weighted by molar-refractivity contribution is 9.10. The Balaban J connectivity index is 1.38. The second kappa shape index (κ2) is 11.2. The van der Waals surface area contributed by atoms with E-state index in [2.05, 4.69) is 41.3 Å². The summed E-state index contributed by atoms with van der Waals surface area (Å²) in [4.78, 5) is 7.10. The maximum atomic E-state index is 13.1. The Bertz CT molecular complexity index is 1980. The van der Waals surface area contributed by atoms with Crippen LogP contribution in [0.15, 0.2) is 145 Å². The van der Waals surface area contributed by atoms with E-state index in [0.717, 1.165) is 14.6 Å². The molecule has 8 nitrogen and oxygen atoms in total. The van der Waals surface area contributed by atoms with Gasteiger partial charge in [0.2, 0.25) is 0 Å². The van der Waals surface area contributed by atoms with Crippen molar-refractivity contribution in [2.75, 3.05) is 9.62 Å². The van der Waals surface area contributed by atoms with Crippen molar-refractivity contribution >= 4 is 80.4 Å². The summed E-state index contributed by atoms with van der Waals surface area (Å²) in [6.07, 6.45) is 5.26. The number of halogens is 2. The number of rotatable bonds is 7. The fourth-order valence-corrected chi connectivity index (χ4v) is 7.31. The number of nitrogens with zero attached hydrogens (tertiary/aromatic N) is 2. The van der Waals surface area contributed by atoms with Gasteiger partial charge in [-0.15, -0.1) is 0 Å². The van der Waals surface area contributed by atoms with Crippen LogP contribution in [-0.4, -0.2) is 28.6 Å². The van der Waals surface area contributed by atoms with Crippen LogP contribution in [0.5, 0.6) is 0 Å². The van der Waals surface area contributed by atoms with E-state index in [4.69, 9.17) is 4.99 Å². The zero-order valence-corrected chi connectivity index (χ0v) is 26.5. The minimum Gasteiger partial charge on any atom is -0.327 e. The Morgan fingerprint density at radius 1 is 0.690 bits per heavy atom. The second-order valence-corrected chi connectivity index (χ2v) is 14.7. The molecule has 1 unspecified atom stereocenters. The Kier molecular flexibility index (Phi) is 7.56. The number of anilines is 3. The molecule has 1 aliphatic carbocycles. The van der Waals surface area contributed by atoms with Crippen molar-refractivity contribution in [1.29, 1.82) is 0 Å². The van der Waals surface area contributed by atoms with Crippen molar-refractivity contribution in [3.05, 3.63) is 130 Å². The third-order valence-electron chi connectivity index (χ3n) is 6.62. The van der Waals surface area contributed by atoms with Crippen molar-refractivity contribution in [3.63, 3.8) is 0 Å². The van der Waals surface area contributed by atoms with Crippen LogP contribution in [0, 0.1) is 0 Å². The summed E-state index contributed by atoms with van der Waals surface area (Å²) in [6.45, 7) is 0. The van der Waals surface area contributed by atoms with Crippen LogP contribution in [0.1, 0.15) is 0 Å². The number of benzene rings is 4. The fraction of sp³-hybridized carbons (Fsp3) is 0.0333. The number of fused-ring (bicyclic) bond motifs is 2. The lowest BCUT2D eigenvalue weighted by atomic mass is 9.98. The molecule has 1 heterocycles. The topological polar surface area (TPSA) is 108 Å². The highest BCUT2D eigenvalue weighted by Crippen LogP contribution is 2.43. The van der Waals surface area contributed by atoms with E-state index in [1.54, 1.807) is 60.7 Å². The van der Waals surface area contributed by atoms with Crippen molar-refractivity contribution < 1.29 is 16.8 Å². The van der Waals surface area contributed by atoms with Crippen LogP contribution in [0.3, 0.4) is 0 Å². The molecule has 0 radical (unpaired) electrons. The summed E-state index contributed by atoms with van der Waals surface area (Å²) in [5, 5.41) is 0. The monoisotopic (exact) mass is 724 g/mol. The van der Waals surface area contributed by atoms with Crippen LogP contribution in [0.25, 0.3) is 0 Å². The molecule has 0 bridgehead atoms. The van der Waals surface area contributed by atoms with Crippen LogP contribution in [-0.2, 0) is 20.0 Å². The van der Waals surface area contributed by atoms with E-state index in [1.165, 1.54) is 24.3 Å². The summed E-state index contributed by atoms with van der Waals surface area (Å²) < 4.78 is 59.4. The molecule has 6 rings (SSSR count). The minimum absolute atomic E-state index is 0.131. The van der Waals surface area contributed by atoms with E-state index in [0.29, 0.717) is 28.5 Å². The van der Waals surface area contributed by atoms with Crippen molar-refractivity contribution in [2.24, 2.45) is 4.99 Å². The zero-order valence-electron chi connectivity index (χ0n) is 21.6. The molecule has 1 aliphatic heterocycles. The van der Waals surface area contributed by atoms with Crippen LogP contribution >= 0.6 is 31.9 Å².